The minimum Gasteiger partial charge on any atom is -0.351 e. The molecule has 0 spiro atoms. The van der Waals surface area contributed by atoms with Gasteiger partial charge in [-0.15, -0.1) is 0 Å². The highest BCUT2D eigenvalue weighted by molar-refractivity contribution is 5.61. The maximum absolute atomic E-state index is 11.3. The molecule has 0 bridgehead atoms. The summed E-state index contributed by atoms with van der Waals surface area (Å²) < 4.78 is 1.72. The van der Waals surface area contributed by atoms with Crippen LogP contribution in [-0.2, 0) is 6.54 Å². The third-order valence-corrected chi connectivity index (χ3v) is 4.17. The van der Waals surface area contributed by atoms with E-state index in [1.807, 2.05) is 18.9 Å². The van der Waals surface area contributed by atoms with Crippen molar-refractivity contribution in [2.45, 2.75) is 58.2 Å². The van der Waals surface area contributed by atoms with Gasteiger partial charge in [-0.1, -0.05) is 0 Å². The zero-order valence-corrected chi connectivity index (χ0v) is 12.4. The molecule has 7 heteroatoms. The van der Waals surface area contributed by atoms with Gasteiger partial charge in [-0.3, -0.25) is 10.1 Å². The number of anilines is 1. The Morgan fingerprint density at radius 2 is 2.05 bits per heavy atom. The Bertz CT molecular complexity index is 491. The van der Waals surface area contributed by atoms with Crippen molar-refractivity contribution in [1.29, 1.82) is 0 Å². The number of aromatic nitrogens is 2. The Kier molecular flexibility index (Phi) is 4.27. The molecule has 0 aromatic carbocycles. The topological polar surface area (TPSA) is 90.2 Å². The van der Waals surface area contributed by atoms with Crippen molar-refractivity contribution in [3.8, 4) is 0 Å². The molecule has 0 atom stereocenters. The van der Waals surface area contributed by atoms with Gasteiger partial charge in [0.15, 0.2) is 0 Å². The van der Waals surface area contributed by atoms with Gasteiger partial charge >= 0.3 is 5.69 Å². The molecule has 112 valence electrons. The summed E-state index contributed by atoms with van der Waals surface area (Å²) in [5.41, 5.74) is 6.54. The van der Waals surface area contributed by atoms with Crippen LogP contribution in [0.25, 0.3) is 0 Å². The average Bonchev–Trinajstić information content (AvgIpc) is 2.75. The Labute approximate surface area is 118 Å². The van der Waals surface area contributed by atoms with E-state index in [2.05, 4.69) is 5.10 Å². The summed E-state index contributed by atoms with van der Waals surface area (Å²) in [6, 6.07) is 0.572. The fourth-order valence-electron chi connectivity index (χ4n) is 3.01. The minimum atomic E-state index is -0.325. The number of nitrogens with two attached hydrogens (primary N) is 1. The molecule has 2 rings (SSSR count). The Morgan fingerprint density at radius 1 is 1.45 bits per heavy atom. The molecular formula is C13H23N5O2. The van der Waals surface area contributed by atoms with E-state index in [1.54, 1.807) is 11.6 Å². The molecule has 1 aliphatic rings. The molecule has 0 radical (unpaired) electrons. The van der Waals surface area contributed by atoms with Crippen molar-refractivity contribution in [3.05, 3.63) is 15.8 Å². The maximum Gasteiger partial charge on any atom is 0.333 e. The van der Waals surface area contributed by atoms with Crippen LogP contribution in [0.5, 0.6) is 0 Å². The summed E-state index contributed by atoms with van der Waals surface area (Å²) >= 11 is 0. The van der Waals surface area contributed by atoms with Gasteiger partial charge in [0.2, 0.25) is 5.82 Å². The van der Waals surface area contributed by atoms with Gasteiger partial charge in [0.25, 0.3) is 0 Å². The van der Waals surface area contributed by atoms with Crippen LogP contribution in [0, 0.1) is 17.0 Å². The third kappa shape index (κ3) is 2.63. The lowest BCUT2D eigenvalue weighted by atomic mass is 9.91. The van der Waals surface area contributed by atoms with Crippen LogP contribution in [0.3, 0.4) is 0 Å². The largest absolute Gasteiger partial charge is 0.351 e. The van der Waals surface area contributed by atoms with E-state index >= 15 is 0 Å². The smallest absolute Gasteiger partial charge is 0.333 e. The fourth-order valence-corrected chi connectivity index (χ4v) is 3.01. The predicted molar refractivity (Wildman–Crippen MR) is 77.9 cm³/mol. The molecule has 1 heterocycles. The molecule has 0 amide bonds. The minimum absolute atomic E-state index is 0.129. The van der Waals surface area contributed by atoms with Crippen molar-refractivity contribution in [3.63, 3.8) is 0 Å². The first-order chi connectivity index (χ1) is 9.45. The molecular weight excluding hydrogens is 258 g/mol. The number of hydrogen-bond acceptors (Lipinski definition) is 5. The summed E-state index contributed by atoms with van der Waals surface area (Å²) in [5, 5.41) is 15.6. The first-order valence-electron chi connectivity index (χ1n) is 7.15. The number of nitrogens with zero attached hydrogens (tertiary/aromatic N) is 4. The van der Waals surface area contributed by atoms with E-state index in [0.29, 0.717) is 24.1 Å². The molecule has 1 aromatic rings. The average molecular weight is 281 g/mol. The highest BCUT2D eigenvalue weighted by Crippen LogP contribution is 2.34. The highest BCUT2D eigenvalue weighted by Gasteiger charge is 2.32. The second-order valence-corrected chi connectivity index (χ2v) is 5.51. The summed E-state index contributed by atoms with van der Waals surface area (Å²) in [4.78, 5) is 13.0. The van der Waals surface area contributed by atoms with Crippen molar-refractivity contribution in [1.82, 2.24) is 9.78 Å². The van der Waals surface area contributed by atoms with E-state index in [1.165, 1.54) is 0 Å². The van der Waals surface area contributed by atoms with Crippen LogP contribution in [0.1, 0.15) is 38.3 Å². The van der Waals surface area contributed by atoms with Gasteiger partial charge in [0.05, 0.1) is 4.92 Å². The molecule has 0 unspecified atom stereocenters. The first-order valence-corrected chi connectivity index (χ1v) is 7.15. The SMILES string of the molecule is CCn1nc(C)c([N+](=O)[O-])c1N(C)C1CCC(N)CC1. The van der Waals surface area contributed by atoms with Crippen LogP contribution < -0.4 is 10.6 Å². The van der Waals surface area contributed by atoms with Crippen LogP contribution in [0.2, 0.25) is 0 Å². The van der Waals surface area contributed by atoms with E-state index in [4.69, 9.17) is 5.73 Å². The highest BCUT2D eigenvalue weighted by atomic mass is 16.6. The Morgan fingerprint density at radius 3 is 2.55 bits per heavy atom. The summed E-state index contributed by atoms with van der Waals surface area (Å²) in [6.07, 6.45) is 3.90. The lowest BCUT2D eigenvalue weighted by Gasteiger charge is -2.34. The molecule has 7 nitrogen and oxygen atoms in total. The molecule has 20 heavy (non-hydrogen) atoms. The molecule has 2 N–H and O–H groups in total. The van der Waals surface area contributed by atoms with Crippen molar-refractivity contribution in [2.75, 3.05) is 11.9 Å². The zero-order chi connectivity index (χ0) is 14.9. The van der Waals surface area contributed by atoms with Gasteiger partial charge in [0.1, 0.15) is 5.69 Å². The van der Waals surface area contributed by atoms with Crippen molar-refractivity contribution in [2.24, 2.45) is 5.73 Å². The predicted octanol–water partition coefficient (Wildman–Crippen LogP) is 1.83. The summed E-state index contributed by atoms with van der Waals surface area (Å²) in [6.45, 7) is 4.27. The molecule has 0 aliphatic heterocycles. The van der Waals surface area contributed by atoms with E-state index < -0.39 is 0 Å². The molecule has 1 aromatic heterocycles. The first kappa shape index (κ1) is 14.8. The van der Waals surface area contributed by atoms with E-state index in [9.17, 15) is 10.1 Å². The van der Waals surface area contributed by atoms with Crippen LogP contribution in [0.4, 0.5) is 11.5 Å². The van der Waals surface area contributed by atoms with Gasteiger partial charge in [-0.05, 0) is 39.5 Å². The van der Waals surface area contributed by atoms with Crippen molar-refractivity contribution < 1.29 is 4.92 Å². The fraction of sp³-hybridized carbons (Fsp3) is 0.769. The Hall–Kier alpha value is -1.63. The summed E-state index contributed by atoms with van der Waals surface area (Å²) in [7, 11) is 1.93. The van der Waals surface area contributed by atoms with Gasteiger partial charge in [-0.2, -0.15) is 5.10 Å². The maximum atomic E-state index is 11.3. The zero-order valence-electron chi connectivity index (χ0n) is 12.4. The molecule has 1 aliphatic carbocycles. The standard InChI is InChI=1S/C13H23N5O2/c1-4-17-13(12(18(19)20)9(2)15-17)16(3)11-7-5-10(14)6-8-11/h10-11H,4-8,14H2,1-3H3. The lowest BCUT2D eigenvalue weighted by molar-refractivity contribution is -0.384. The van der Waals surface area contributed by atoms with Crippen LogP contribution in [-0.4, -0.2) is 33.8 Å². The molecule has 0 saturated heterocycles. The number of nitro groups is 1. The number of hydrogen-bond donors (Lipinski definition) is 1. The summed E-state index contributed by atoms with van der Waals surface area (Å²) in [5.74, 6) is 0.621. The monoisotopic (exact) mass is 281 g/mol. The number of aryl methyl sites for hydroxylation is 2. The van der Waals surface area contributed by atoms with Crippen molar-refractivity contribution >= 4 is 11.5 Å². The Balaban J connectivity index is 2.33. The van der Waals surface area contributed by atoms with Crippen LogP contribution in [0.15, 0.2) is 0 Å². The lowest BCUT2D eigenvalue weighted by Crippen LogP contribution is -2.39. The van der Waals surface area contributed by atoms with E-state index in [0.717, 1.165) is 25.7 Å². The molecule has 1 saturated carbocycles. The van der Waals surface area contributed by atoms with Gasteiger partial charge in [-0.25, -0.2) is 4.68 Å². The molecule has 1 fully saturated rings. The quantitative estimate of drug-likeness (QED) is 0.671. The second-order valence-electron chi connectivity index (χ2n) is 5.51. The third-order valence-electron chi connectivity index (χ3n) is 4.17. The van der Waals surface area contributed by atoms with E-state index in [-0.39, 0.29) is 16.7 Å². The van der Waals surface area contributed by atoms with Gasteiger partial charge < -0.3 is 10.6 Å². The normalized spacial score (nSPS) is 22.8. The van der Waals surface area contributed by atoms with Crippen LogP contribution >= 0.6 is 0 Å². The number of rotatable bonds is 4. The van der Waals surface area contributed by atoms with Gasteiger partial charge in [0, 0.05) is 25.7 Å². The second kappa shape index (κ2) is 5.78.